The quantitative estimate of drug-likeness (QED) is 0.689. The zero-order valence-corrected chi connectivity index (χ0v) is 15.8. The number of amides is 1. The van der Waals surface area contributed by atoms with Crippen LogP contribution < -0.4 is 4.74 Å². The number of benzene rings is 2. The Hall–Kier alpha value is -2.88. The normalized spacial score (nSPS) is 15.1. The molecule has 0 bridgehead atoms. The van der Waals surface area contributed by atoms with Crippen molar-refractivity contribution in [2.24, 2.45) is 0 Å². The number of carbonyl (C=O) groups is 1. The van der Waals surface area contributed by atoms with E-state index in [4.69, 9.17) is 4.74 Å². The van der Waals surface area contributed by atoms with Gasteiger partial charge in [-0.05, 0) is 49.2 Å². The third kappa shape index (κ3) is 3.80. The molecule has 0 radical (unpaired) electrons. The molecule has 138 valence electrons. The first kappa shape index (κ1) is 17.5. The molecule has 4 rings (SSSR count). The number of carbonyl (C=O) groups excluding carboxylic acids is 1. The molecule has 2 aromatic carbocycles. The van der Waals surface area contributed by atoms with Gasteiger partial charge in [0.15, 0.2) is 0 Å². The first-order chi connectivity index (χ1) is 13.1. The highest BCUT2D eigenvalue weighted by atomic mass is 16.5. The van der Waals surface area contributed by atoms with Gasteiger partial charge in [-0.3, -0.25) is 4.79 Å². The summed E-state index contributed by atoms with van der Waals surface area (Å²) in [6.07, 6.45) is 1.83. The maximum absolute atomic E-state index is 12.9. The third-order valence-corrected chi connectivity index (χ3v) is 5.16. The van der Waals surface area contributed by atoms with Crippen molar-refractivity contribution in [3.05, 3.63) is 71.4 Å². The largest absolute Gasteiger partial charge is 0.490 e. The zero-order chi connectivity index (χ0) is 18.8. The Bertz CT molecular complexity index is 975. The van der Waals surface area contributed by atoms with Gasteiger partial charge in [-0.1, -0.05) is 30.3 Å². The number of ether oxygens (including phenoxy) is 1. The topological polar surface area (TPSA) is 42.4 Å². The van der Waals surface area contributed by atoms with E-state index in [1.165, 1.54) is 5.56 Å². The molecule has 3 aromatic rings. The van der Waals surface area contributed by atoms with E-state index >= 15 is 0 Å². The minimum atomic E-state index is 0.0119. The van der Waals surface area contributed by atoms with Crippen molar-refractivity contribution < 1.29 is 9.53 Å². The summed E-state index contributed by atoms with van der Waals surface area (Å²) in [6, 6.07) is 18.0. The highest BCUT2D eigenvalue weighted by Crippen LogP contribution is 2.22. The fourth-order valence-electron chi connectivity index (χ4n) is 3.68. The second kappa shape index (κ2) is 7.39. The summed E-state index contributed by atoms with van der Waals surface area (Å²) in [5.41, 5.74) is 3.68. The number of fused-ring (bicyclic) bond motifs is 1. The molecular weight excluding hydrogens is 336 g/mol. The van der Waals surface area contributed by atoms with Gasteiger partial charge in [0, 0.05) is 31.3 Å². The van der Waals surface area contributed by atoms with Crippen LogP contribution in [0.15, 0.2) is 54.6 Å². The fourth-order valence-corrected chi connectivity index (χ4v) is 3.68. The van der Waals surface area contributed by atoms with Crippen molar-refractivity contribution in [3.63, 3.8) is 0 Å². The third-order valence-electron chi connectivity index (χ3n) is 5.16. The number of likely N-dealkylation sites (tertiary alicyclic amines) is 1. The maximum Gasteiger partial charge on any atom is 0.272 e. The monoisotopic (exact) mass is 360 g/mol. The minimum absolute atomic E-state index is 0.0119. The number of hydrogen-bond donors (Lipinski definition) is 0. The summed E-state index contributed by atoms with van der Waals surface area (Å²) in [5.74, 6) is 0.921. The minimum Gasteiger partial charge on any atom is -0.490 e. The van der Waals surface area contributed by atoms with Gasteiger partial charge in [-0.15, -0.1) is 0 Å². The van der Waals surface area contributed by atoms with Gasteiger partial charge < -0.3 is 9.64 Å². The molecule has 1 saturated heterocycles. The lowest BCUT2D eigenvalue weighted by Crippen LogP contribution is -2.42. The second-order valence-corrected chi connectivity index (χ2v) is 7.27. The average molecular weight is 360 g/mol. The van der Waals surface area contributed by atoms with Crippen molar-refractivity contribution in [2.45, 2.75) is 32.8 Å². The average Bonchev–Trinajstić information content (AvgIpc) is 2.68. The molecule has 1 fully saturated rings. The number of nitrogens with zero attached hydrogens (tertiary/aromatic N) is 2. The van der Waals surface area contributed by atoms with Gasteiger partial charge in [0.05, 0.1) is 5.52 Å². The highest BCUT2D eigenvalue weighted by molar-refractivity contribution is 5.96. The lowest BCUT2D eigenvalue weighted by Gasteiger charge is -2.32. The Morgan fingerprint density at radius 3 is 2.59 bits per heavy atom. The molecule has 0 N–H and O–H groups in total. The highest BCUT2D eigenvalue weighted by Gasteiger charge is 2.25. The zero-order valence-electron chi connectivity index (χ0n) is 15.8. The van der Waals surface area contributed by atoms with E-state index in [1.54, 1.807) is 0 Å². The molecule has 0 saturated carbocycles. The fraction of sp³-hybridized carbons (Fsp3) is 0.304. The summed E-state index contributed by atoms with van der Waals surface area (Å²) >= 11 is 0. The Morgan fingerprint density at radius 1 is 1.04 bits per heavy atom. The molecule has 4 heteroatoms. The van der Waals surface area contributed by atoms with Crippen molar-refractivity contribution in [1.82, 2.24) is 9.88 Å². The first-order valence-corrected chi connectivity index (χ1v) is 9.49. The van der Waals surface area contributed by atoms with E-state index in [0.29, 0.717) is 18.8 Å². The van der Waals surface area contributed by atoms with E-state index in [1.807, 2.05) is 54.3 Å². The molecule has 0 spiro atoms. The van der Waals surface area contributed by atoms with Crippen LogP contribution in [0.5, 0.6) is 5.75 Å². The number of hydrogen-bond acceptors (Lipinski definition) is 3. The molecule has 0 aliphatic carbocycles. The lowest BCUT2D eigenvalue weighted by atomic mass is 10.1. The number of aryl methyl sites for hydroxylation is 2. The Kier molecular flexibility index (Phi) is 4.80. The molecule has 27 heavy (non-hydrogen) atoms. The molecule has 0 unspecified atom stereocenters. The van der Waals surface area contributed by atoms with Crippen molar-refractivity contribution in [1.29, 1.82) is 0 Å². The van der Waals surface area contributed by atoms with Crippen LogP contribution >= 0.6 is 0 Å². The van der Waals surface area contributed by atoms with E-state index in [9.17, 15) is 4.79 Å². The van der Waals surface area contributed by atoms with Gasteiger partial charge in [-0.25, -0.2) is 4.98 Å². The Morgan fingerprint density at radius 2 is 1.81 bits per heavy atom. The molecule has 0 atom stereocenters. The Labute approximate surface area is 159 Å². The van der Waals surface area contributed by atoms with Crippen LogP contribution in [0, 0.1) is 13.8 Å². The summed E-state index contributed by atoms with van der Waals surface area (Å²) in [4.78, 5) is 19.4. The van der Waals surface area contributed by atoms with Gasteiger partial charge >= 0.3 is 0 Å². The summed E-state index contributed by atoms with van der Waals surface area (Å²) < 4.78 is 6.09. The lowest BCUT2D eigenvalue weighted by molar-refractivity contribution is 0.0590. The summed E-state index contributed by atoms with van der Waals surface area (Å²) in [6.45, 7) is 5.49. The maximum atomic E-state index is 12.9. The number of para-hydroxylation sites is 1. The number of pyridine rings is 1. The molecule has 2 heterocycles. The predicted octanol–water partition coefficient (Wildman–Crippen LogP) is 4.54. The van der Waals surface area contributed by atoms with Crippen molar-refractivity contribution in [3.8, 4) is 5.75 Å². The Balaban J connectivity index is 1.43. The second-order valence-electron chi connectivity index (χ2n) is 7.27. The summed E-state index contributed by atoms with van der Waals surface area (Å²) in [7, 11) is 0. The van der Waals surface area contributed by atoms with Crippen LogP contribution in [-0.2, 0) is 0 Å². The van der Waals surface area contributed by atoms with Crippen LogP contribution in [0.4, 0.5) is 0 Å². The van der Waals surface area contributed by atoms with Gasteiger partial charge in [0.25, 0.3) is 5.91 Å². The van der Waals surface area contributed by atoms with E-state index in [-0.39, 0.29) is 12.0 Å². The summed E-state index contributed by atoms with van der Waals surface area (Å²) in [5, 5.41) is 1.10. The van der Waals surface area contributed by atoms with E-state index in [0.717, 1.165) is 35.1 Å². The van der Waals surface area contributed by atoms with Crippen molar-refractivity contribution >= 4 is 16.8 Å². The van der Waals surface area contributed by atoms with Gasteiger partial charge in [-0.2, -0.15) is 0 Å². The van der Waals surface area contributed by atoms with Gasteiger partial charge in [0.2, 0.25) is 0 Å². The first-order valence-electron chi connectivity index (χ1n) is 9.49. The van der Waals surface area contributed by atoms with Gasteiger partial charge in [0.1, 0.15) is 17.5 Å². The molecule has 1 amide bonds. The number of piperidine rings is 1. The predicted molar refractivity (Wildman–Crippen MR) is 107 cm³/mol. The smallest absolute Gasteiger partial charge is 0.272 e. The van der Waals surface area contributed by atoms with E-state index < -0.39 is 0 Å². The van der Waals surface area contributed by atoms with Crippen LogP contribution in [0.2, 0.25) is 0 Å². The van der Waals surface area contributed by atoms with Crippen LogP contribution in [-0.4, -0.2) is 35.0 Å². The standard InChI is InChI=1S/C23H24N2O2/c1-16-6-5-7-19(14-16)27-18-10-12-25(13-11-18)23(26)22-15-17(2)20-8-3-4-9-21(20)24-22/h3-9,14-15,18H,10-13H2,1-2H3. The number of aromatic nitrogens is 1. The van der Waals surface area contributed by atoms with Crippen LogP contribution in [0.25, 0.3) is 10.9 Å². The van der Waals surface area contributed by atoms with Crippen LogP contribution in [0.1, 0.15) is 34.5 Å². The van der Waals surface area contributed by atoms with E-state index in [2.05, 4.69) is 24.0 Å². The van der Waals surface area contributed by atoms with Crippen LogP contribution in [0.3, 0.4) is 0 Å². The molecule has 1 aromatic heterocycles. The number of rotatable bonds is 3. The molecule has 1 aliphatic heterocycles. The molecule has 1 aliphatic rings. The molecular formula is C23H24N2O2. The van der Waals surface area contributed by atoms with Crippen molar-refractivity contribution in [2.75, 3.05) is 13.1 Å². The SMILES string of the molecule is Cc1cccc(OC2CCN(C(=O)c3cc(C)c4ccccc4n3)CC2)c1. The molecule has 4 nitrogen and oxygen atoms in total.